The minimum absolute atomic E-state index is 0.0648. The molecule has 174 valence electrons. The molecule has 0 unspecified atom stereocenters. The topological polar surface area (TPSA) is 96.0 Å². The van der Waals surface area contributed by atoms with Crippen molar-refractivity contribution in [2.45, 2.75) is 26.4 Å². The number of methoxy groups -OCH3 is 1. The number of nitrogens with one attached hydrogen (secondary N) is 1. The Kier molecular flexibility index (Phi) is 8.59. The molecule has 0 bridgehead atoms. The standard InChI is InChI=1S/C22H28FN3O5S/c1-5-24-22(28)16(2)25(14-17-7-6-8-20(13-17)31-3)21(27)15-26(32(4,29)30)19-11-9-18(23)10-12-19/h6-13,16H,5,14-15H2,1-4H3,(H,24,28)/t16-/m0/s1. The van der Waals surface area contributed by atoms with E-state index >= 15 is 0 Å². The summed E-state index contributed by atoms with van der Waals surface area (Å²) in [5.41, 5.74) is 0.857. The van der Waals surface area contributed by atoms with Gasteiger partial charge in [0.25, 0.3) is 0 Å². The van der Waals surface area contributed by atoms with Crippen LogP contribution in [0.5, 0.6) is 5.75 Å². The number of anilines is 1. The number of benzene rings is 2. The lowest BCUT2D eigenvalue weighted by Crippen LogP contribution is -2.51. The van der Waals surface area contributed by atoms with Gasteiger partial charge in [-0.1, -0.05) is 12.1 Å². The molecule has 0 aliphatic heterocycles. The van der Waals surface area contributed by atoms with Crippen molar-refractivity contribution in [3.05, 3.63) is 59.9 Å². The lowest BCUT2D eigenvalue weighted by atomic mass is 10.1. The van der Waals surface area contributed by atoms with Gasteiger partial charge in [-0.25, -0.2) is 12.8 Å². The highest BCUT2D eigenvalue weighted by Gasteiger charge is 2.30. The van der Waals surface area contributed by atoms with Gasteiger partial charge in [0.1, 0.15) is 24.2 Å². The van der Waals surface area contributed by atoms with Crippen LogP contribution in [0.15, 0.2) is 48.5 Å². The molecule has 2 aromatic carbocycles. The van der Waals surface area contributed by atoms with Crippen LogP contribution < -0.4 is 14.4 Å². The summed E-state index contributed by atoms with van der Waals surface area (Å²) in [6.07, 6.45) is 0.962. The normalized spacial score (nSPS) is 12.0. The molecule has 2 aromatic rings. The molecule has 0 heterocycles. The summed E-state index contributed by atoms with van der Waals surface area (Å²) in [7, 11) is -2.34. The van der Waals surface area contributed by atoms with Gasteiger partial charge in [0.2, 0.25) is 21.8 Å². The summed E-state index contributed by atoms with van der Waals surface area (Å²) < 4.78 is 44.2. The van der Waals surface area contributed by atoms with Crippen LogP contribution in [0.1, 0.15) is 19.4 Å². The van der Waals surface area contributed by atoms with Crippen molar-refractivity contribution in [1.82, 2.24) is 10.2 Å². The van der Waals surface area contributed by atoms with Gasteiger partial charge < -0.3 is 15.0 Å². The minimum atomic E-state index is -3.86. The number of sulfonamides is 1. The van der Waals surface area contributed by atoms with Crippen LogP contribution in [0.4, 0.5) is 10.1 Å². The summed E-state index contributed by atoms with van der Waals surface area (Å²) in [5.74, 6) is -0.888. The summed E-state index contributed by atoms with van der Waals surface area (Å²) in [4.78, 5) is 27.1. The van der Waals surface area contributed by atoms with E-state index in [4.69, 9.17) is 4.74 Å². The Labute approximate surface area is 188 Å². The van der Waals surface area contributed by atoms with Crippen molar-refractivity contribution in [2.24, 2.45) is 0 Å². The van der Waals surface area contributed by atoms with E-state index in [1.807, 2.05) is 0 Å². The van der Waals surface area contributed by atoms with E-state index < -0.39 is 34.3 Å². The number of hydrogen-bond acceptors (Lipinski definition) is 5. The molecule has 2 amide bonds. The summed E-state index contributed by atoms with van der Waals surface area (Å²) in [5, 5.41) is 2.68. The maximum atomic E-state index is 13.3. The van der Waals surface area contributed by atoms with Gasteiger partial charge in [0.15, 0.2) is 0 Å². The summed E-state index contributed by atoms with van der Waals surface area (Å²) in [6, 6.07) is 11.0. The zero-order valence-corrected chi connectivity index (χ0v) is 19.4. The average Bonchev–Trinajstić information content (AvgIpc) is 2.75. The third-order valence-corrected chi connectivity index (χ3v) is 5.94. The number of carbonyl (C=O) groups is 2. The molecular formula is C22H28FN3O5S. The van der Waals surface area contributed by atoms with Crippen molar-refractivity contribution in [3.8, 4) is 5.75 Å². The van der Waals surface area contributed by atoms with Crippen LogP contribution in [-0.2, 0) is 26.2 Å². The molecule has 1 atom stereocenters. The zero-order valence-electron chi connectivity index (χ0n) is 18.5. The molecule has 0 saturated heterocycles. The average molecular weight is 466 g/mol. The summed E-state index contributed by atoms with van der Waals surface area (Å²) in [6.45, 7) is 3.24. The highest BCUT2D eigenvalue weighted by molar-refractivity contribution is 7.92. The molecular weight excluding hydrogens is 437 g/mol. The molecule has 10 heteroatoms. The van der Waals surface area contributed by atoms with Gasteiger partial charge in [-0.05, 0) is 55.8 Å². The zero-order chi connectivity index (χ0) is 23.9. The largest absolute Gasteiger partial charge is 0.497 e. The van der Waals surface area contributed by atoms with Crippen LogP contribution in [0.3, 0.4) is 0 Å². The second-order valence-corrected chi connectivity index (χ2v) is 9.10. The quantitative estimate of drug-likeness (QED) is 0.580. The molecule has 0 aliphatic carbocycles. The molecule has 0 aromatic heterocycles. The molecule has 0 spiro atoms. The summed E-state index contributed by atoms with van der Waals surface area (Å²) >= 11 is 0. The van der Waals surface area contributed by atoms with Crippen LogP contribution in [-0.4, -0.2) is 57.6 Å². The van der Waals surface area contributed by atoms with Crippen molar-refractivity contribution in [1.29, 1.82) is 0 Å². The van der Waals surface area contributed by atoms with Gasteiger partial charge in [0.05, 0.1) is 19.1 Å². The minimum Gasteiger partial charge on any atom is -0.497 e. The number of rotatable bonds is 10. The van der Waals surface area contributed by atoms with Gasteiger partial charge in [0, 0.05) is 13.1 Å². The Balaban J connectivity index is 2.38. The van der Waals surface area contributed by atoms with Gasteiger partial charge in [-0.3, -0.25) is 13.9 Å². The van der Waals surface area contributed by atoms with E-state index in [2.05, 4.69) is 5.32 Å². The Morgan fingerprint density at radius 3 is 2.38 bits per heavy atom. The Morgan fingerprint density at radius 1 is 1.16 bits per heavy atom. The smallest absolute Gasteiger partial charge is 0.244 e. The number of nitrogens with zero attached hydrogens (tertiary/aromatic N) is 2. The number of halogens is 1. The van der Waals surface area contributed by atoms with E-state index in [0.717, 1.165) is 22.7 Å². The lowest BCUT2D eigenvalue weighted by molar-refractivity contribution is -0.139. The Bertz CT molecular complexity index is 1040. The van der Waals surface area contributed by atoms with Crippen molar-refractivity contribution in [2.75, 3.05) is 30.8 Å². The molecule has 32 heavy (non-hydrogen) atoms. The van der Waals surface area contributed by atoms with Crippen LogP contribution in [0, 0.1) is 5.82 Å². The first-order valence-electron chi connectivity index (χ1n) is 10.00. The van der Waals surface area contributed by atoms with Crippen molar-refractivity contribution >= 4 is 27.5 Å². The Hall–Kier alpha value is -3.14. The fourth-order valence-corrected chi connectivity index (χ4v) is 3.94. The van der Waals surface area contributed by atoms with E-state index in [1.165, 1.54) is 24.1 Å². The first kappa shape index (κ1) is 25.1. The first-order chi connectivity index (χ1) is 15.1. The van der Waals surface area contributed by atoms with Gasteiger partial charge in [-0.2, -0.15) is 0 Å². The van der Waals surface area contributed by atoms with Crippen LogP contribution in [0.2, 0.25) is 0 Å². The van der Waals surface area contributed by atoms with Crippen LogP contribution in [0.25, 0.3) is 0 Å². The van der Waals surface area contributed by atoms with E-state index in [0.29, 0.717) is 17.9 Å². The fourth-order valence-electron chi connectivity index (χ4n) is 3.09. The lowest BCUT2D eigenvalue weighted by Gasteiger charge is -2.31. The first-order valence-corrected chi connectivity index (χ1v) is 11.8. The predicted octanol–water partition coefficient (Wildman–Crippen LogP) is 2.15. The third-order valence-electron chi connectivity index (χ3n) is 4.80. The van der Waals surface area contributed by atoms with E-state index in [-0.39, 0.29) is 18.1 Å². The van der Waals surface area contributed by atoms with Crippen molar-refractivity contribution in [3.63, 3.8) is 0 Å². The molecule has 0 saturated carbocycles. The predicted molar refractivity (Wildman–Crippen MR) is 120 cm³/mol. The highest BCUT2D eigenvalue weighted by Crippen LogP contribution is 2.20. The molecule has 0 fully saturated rings. The Morgan fingerprint density at radius 2 is 1.81 bits per heavy atom. The van der Waals surface area contributed by atoms with Crippen LogP contribution >= 0.6 is 0 Å². The van der Waals surface area contributed by atoms with E-state index in [1.54, 1.807) is 38.1 Å². The van der Waals surface area contributed by atoms with E-state index in [9.17, 15) is 22.4 Å². The van der Waals surface area contributed by atoms with Gasteiger partial charge in [-0.15, -0.1) is 0 Å². The molecule has 0 radical (unpaired) electrons. The third kappa shape index (κ3) is 6.68. The fraction of sp³-hybridized carbons (Fsp3) is 0.364. The number of likely N-dealkylation sites (N-methyl/N-ethyl adjacent to an activating group) is 1. The number of hydrogen-bond donors (Lipinski definition) is 1. The molecule has 0 aliphatic rings. The molecule has 1 N–H and O–H groups in total. The SMILES string of the molecule is CCNC(=O)[C@H](C)N(Cc1cccc(OC)c1)C(=O)CN(c1ccc(F)cc1)S(C)(=O)=O. The number of amides is 2. The maximum Gasteiger partial charge on any atom is 0.244 e. The highest BCUT2D eigenvalue weighted by atomic mass is 32.2. The number of ether oxygens (including phenoxy) is 1. The number of carbonyl (C=O) groups excluding carboxylic acids is 2. The van der Waals surface area contributed by atoms with Crippen molar-refractivity contribution < 1.29 is 27.1 Å². The second kappa shape index (κ2) is 10.9. The molecule has 8 nitrogen and oxygen atoms in total. The van der Waals surface area contributed by atoms with Gasteiger partial charge >= 0.3 is 0 Å². The second-order valence-electron chi connectivity index (χ2n) is 7.19. The maximum absolute atomic E-state index is 13.3. The molecule has 2 rings (SSSR count). The monoisotopic (exact) mass is 465 g/mol.